The van der Waals surface area contributed by atoms with Crippen LogP contribution in [0.5, 0.6) is 0 Å². The lowest BCUT2D eigenvalue weighted by molar-refractivity contribution is -0.185. The van der Waals surface area contributed by atoms with Crippen molar-refractivity contribution in [1.82, 2.24) is 4.72 Å². The minimum atomic E-state index is -3.55. The summed E-state index contributed by atoms with van der Waals surface area (Å²) in [6.45, 7) is 0.377. The molecule has 24 heavy (non-hydrogen) atoms. The highest BCUT2D eigenvalue weighted by atomic mass is 79.9. The first-order valence-electron chi connectivity index (χ1n) is 8.74. The lowest BCUT2D eigenvalue weighted by Gasteiger charge is -2.60. The van der Waals surface area contributed by atoms with E-state index >= 15 is 0 Å². The van der Waals surface area contributed by atoms with Crippen LogP contribution in [-0.2, 0) is 14.8 Å². The molecule has 4 nitrogen and oxygen atoms in total. The maximum atomic E-state index is 12.7. The van der Waals surface area contributed by atoms with Crippen LogP contribution in [0.2, 0.25) is 0 Å². The van der Waals surface area contributed by atoms with E-state index in [0.29, 0.717) is 27.7 Å². The van der Waals surface area contributed by atoms with Gasteiger partial charge in [0.15, 0.2) is 0 Å². The van der Waals surface area contributed by atoms with Gasteiger partial charge in [-0.05, 0) is 83.8 Å². The molecule has 132 valence electrons. The molecule has 0 amide bonds. The van der Waals surface area contributed by atoms with Gasteiger partial charge in [-0.25, -0.2) is 13.1 Å². The zero-order chi connectivity index (χ0) is 16.9. The Morgan fingerprint density at radius 3 is 2.25 bits per heavy atom. The molecule has 1 aromatic carbocycles. The number of ether oxygens (including phenoxy) is 1. The molecule has 0 aromatic heterocycles. The van der Waals surface area contributed by atoms with E-state index in [1.807, 2.05) is 6.07 Å². The fourth-order valence-corrected chi connectivity index (χ4v) is 7.70. The number of sulfonamides is 1. The Labute approximate surface area is 152 Å². The molecule has 4 aliphatic carbocycles. The molecule has 0 unspecified atom stereocenters. The Balaban J connectivity index is 1.57. The molecule has 0 heterocycles. The Kier molecular flexibility index (Phi) is 4.31. The summed E-state index contributed by atoms with van der Waals surface area (Å²) in [5.41, 5.74) is -0.332. The average molecular weight is 414 g/mol. The summed E-state index contributed by atoms with van der Waals surface area (Å²) >= 11 is 3.34. The molecule has 0 radical (unpaired) electrons. The first-order valence-corrected chi connectivity index (χ1v) is 11.0. The predicted molar refractivity (Wildman–Crippen MR) is 96.1 cm³/mol. The second-order valence-electron chi connectivity index (χ2n) is 7.72. The minimum absolute atomic E-state index is 0.292. The van der Waals surface area contributed by atoms with Gasteiger partial charge >= 0.3 is 0 Å². The quantitative estimate of drug-likeness (QED) is 0.802. The molecule has 5 rings (SSSR count). The standard InChI is InChI=1S/C18H24BrNO3S/c1-23-18(14-7-12-6-13(9-14)10-15(18)8-12)11-20-24(21,22)17-5-3-2-4-16(17)19/h2-5,12-15,20H,6-11H2,1H3. The fraction of sp³-hybridized carbons (Fsp3) is 0.667. The van der Waals surface area contributed by atoms with Crippen molar-refractivity contribution in [2.45, 2.75) is 42.6 Å². The summed E-state index contributed by atoms with van der Waals surface area (Å²) in [5.74, 6) is 2.63. The molecule has 4 fully saturated rings. The number of rotatable bonds is 5. The van der Waals surface area contributed by atoms with Gasteiger partial charge in [0.25, 0.3) is 0 Å². The minimum Gasteiger partial charge on any atom is -0.376 e. The molecule has 4 bridgehead atoms. The van der Waals surface area contributed by atoms with Crippen molar-refractivity contribution in [3.8, 4) is 0 Å². The smallest absolute Gasteiger partial charge is 0.241 e. The largest absolute Gasteiger partial charge is 0.376 e. The Bertz CT molecular complexity index is 706. The van der Waals surface area contributed by atoms with Gasteiger partial charge in [0.05, 0.1) is 10.5 Å². The average Bonchev–Trinajstić information content (AvgIpc) is 2.54. The molecule has 4 aliphatic rings. The van der Waals surface area contributed by atoms with Crippen molar-refractivity contribution < 1.29 is 13.2 Å². The second-order valence-corrected chi connectivity index (χ2v) is 10.3. The van der Waals surface area contributed by atoms with E-state index in [4.69, 9.17) is 4.74 Å². The van der Waals surface area contributed by atoms with Gasteiger partial charge in [0.2, 0.25) is 10.0 Å². The maximum absolute atomic E-state index is 12.7. The molecule has 0 spiro atoms. The molecule has 0 aliphatic heterocycles. The number of nitrogens with one attached hydrogen (secondary N) is 1. The van der Waals surface area contributed by atoms with E-state index in [0.717, 1.165) is 11.8 Å². The summed E-state index contributed by atoms with van der Waals surface area (Å²) in [4.78, 5) is 0.292. The van der Waals surface area contributed by atoms with Crippen molar-refractivity contribution in [2.24, 2.45) is 23.7 Å². The lowest BCUT2D eigenvalue weighted by atomic mass is 9.50. The molecule has 0 atom stereocenters. The predicted octanol–water partition coefficient (Wildman–Crippen LogP) is 3.57. The van der Waals surface area contributed by atoms with Crippen molar-refractivity contribution in [1.29, 1.82) is 0 Å². The van der Waals surface area contributed by atoms with Crippen molar-refractivity contribution >= 4 is 26.0 Å². The van der Waals surface area contributed by atoms with Gasteiger partial charge < -0.3 is 4.74 Å². The number of hydrogen-bond donors (Lipinski definition) is 1. The summed E-state index contributed by atoms with van der Waals surface area (Å²) in [6, 6.07) is 6.94. The van der Waals surface area contributed by atoms with Crippen LogP contribution in [-0.4, -0.2) is 27.7 Å². The number of halogens is 1. The van der Waals surface area contributed by atoms with E-state index in [2.05, 4.69) is 20.7 Å². The lowest BCUT2D eigenvalue weighted by Crippen LogP contribution is -2.63. The number of hydrogen-bond acceptors (Lipinski definition) is 3. The molecular weight excluding hydrogens is 390 g/mol. The van der Waals surface area contributed by atoms with E-state index in [9.17, 15) is 8.42 Å². The van der Waals surface area contributed by atoms with Crippen LogP contribution in [0.3, 0.4) is 0 Å². The van der Waals surface area contributed by atoms with E-state index < -0.39 is 10.0 Å². The molecule has 0 saturated heterocycles. The van der Waals surface area contributed by atoms with Gasteiger partial charge in [-0.1, -0.05) is 12.1 Å². The van der Waals surface area contributed by atoms with Gasteiger partial charge in [0.1, 0.15) is 0 Å². The number of methoxy groups -OCH3 is 1. The van der Waals surface area contributed by atoms with Crippen molar-refractivity contribution in [3.63, 3.8) is 0 Å². The molecule has 6 heteroatoms. The number of benzene rings is 1. The third-order valence-electron chi connectivity index (χ3n) is 6.56. The highest BCUT2D eigenvalue weighted by molar-refractivity contribution is 9.10. The van der Waals surface area contributed by atoms with Gasteiger partial charge in [-0.2, -0.15) is 0 Å². The van der Waals surface area contributed by atoms with Crippen molar-refractivity contribution in [3.05, 3.63) is 28.7 Å². The van der Waals surface area contributed by atoms with E-state index in [1.54, 1.807) is 25.3 Å². The van der Waals surface area contributed by atoms with E-state index in [1.165, 1.54) is 32.1 Å². The van der Waals surface area contributed by atoms with Gasteiger partial charge in [-0.15, -0.1) is 0 Å². The first-order chi connectivity index (χ1) is 11.4. The fourth-order valence-electron chi connectivity index (χ4n) is 5.62. The van der Waals surface area contributed by atoms with Crippen LogP contribution in [0.1, 0.15) is 32.1 Å². The van der Waals surface area contributed by atoms with Crippen LogP contribution in [0.4, 0.5) is 0 Å². The molecule has 1 N–H and O–H groups in total. The zero-order valence-electron chi connectivity index (χ0n) is 13.9. The van der Waals surface area contributed by atoms with Crippen LogP contribution >= 0.6 is 15.9 Å². The van der Waals surface area contributed by atoms with Crippen LogP contribution < -0.4 is 4.72 Å². The molecule has 1 aromatic rings. The van der Waals surface area contributed by atoms with Crippen LogP contribution in [0, 0.1) is 23.7 Å². The highest BCUT2D eigenvalue weighted by Crippen LogP contribution is 2.59. The zero-order valence-corrected chi connectivity index (χ0v) is 16.3. The normalized spacial score (nSPS) is 37.8. The van der Waals surface area contributed by atoms with Gasteiger partial charge in [-0.3, -0.25) is 0 Å². The topological polar surface area (TPSA) is 55.4 Å². The maximum Gasteiger partial charge on any atom is 0.241 e. The first kappa shape index (κ1) is 17.0. The van der Waals surface area contributed by atoms with E-state index in [-0.39, 0.29) is 5.60 Å². The molecular formula is C18H24BrNO3S. The highest BCUT2D eigenvalue weighted by Gasteiger charge is 2.57. The Hall–Kier alpha value is -0.430. The summed E-state index contributed by atoms with van der Waals surface area (Å²) in [5, 5.41) is 0. The Morgan fingerprint density at radius 1 is 1.12 bits per heavy atom. The third kappa shape index (κ3) is 2.66. The van der Waals surface area contributed by atoms with Crippen LogP contribution in [0.25, 0.3) is 0 Å². The second kappa shape index (κ2) is 6.08. The summed E-state index contributed by atoms with van der Waals surface area (Å²) in [6.07, 6.45) is 6.14. The SMILES string of the molecule is COC1(CNS(=O)(=O)c2ccccc2Br)C2CC3CC(C2)CC1C3. The Morgan fingerprint density at radius 2 is 1.71 bits per heavy atom. The summed E-state index contributed by atoms with van der Waals surface area (Å²) < 4.78 is 35.0. The van der Waals surface area contributed by atoms with Gasteiger partial charge in [0, 0.05) is 18.1 Å². The monoisotopic (exact) mass is 413 g/mol. The van der Waals surface area contributed by atoms with Crippen molar-refractivity contribution in [2.75, 3.05) is 13.7 Å². The molecule has 4 saturated carbocycles. The summed E-state index contributed by atoms with van der Waals surface area (Å²) in [7, 11) is -1.79. The van der Waals surface area contributed by atoms with Crippen LogP contribution in [0.15, 0.2) is 33.6 Å². The third-order valence-corrected chi connectivity index (χ3v) is 8.98.